The van der Waals surface area contributed by atoms with Crippen molar-refractivity contribution in [2.24, 2.45) is 0 Å². The summed E-state index contributed by atoms with van der Waals surface area (Å²) in [6, 6.07) is 15.4. The minimum Gasteiger partial charge on any atom is -0.497 e. The Morgan fingerprint density at radius 1 is 1.08 bits per heavy atom. The maximum Gasteiger partial charge on any atom is 0.270 e. The number of aromatic amines is 1. The van der Waals surface area contributed by atoms with Gasteiger partial charge in [-0.25, -0.2) is 0 Å². The van der Waals surface area contributed by atoms with Crippen LogP contribution in [-0.4, -0.2) is 43.1 Å². The fraction of sp³-hybridized carbons (Fsp3) is 0.250. The lowest BCUT2D eigenvalue weighted by atomic mass is 10.2. The fourth-order valence-corrected chi connectivity index (χ4v) is 2.65. The standard InChI is InChI=1S/C20H22N2O3/c1-14-4-9-18-15(12-14)13-19(21-18)20(23)22(2)10-11-25-17-7-5-16(24-3)6-8-17/h4-9,12-13,21H,10-11H2,1-3H3. The number of carbonyl (C=O) groups is 1. The van der Waals surface area contributed by atoms with Crippen molar-refractivity contribution < 1.29 is 14.3 Å². The average Bonchev–Trinajstić information content (AvgIpc) is 3.04. The summed E-state index contributed by atoms with van der Waals surface area (Å²) < 4.78 is 10.8. The van der Waals surface area contributed by atoms with E-state index in [0.29, 0.717) is 18.8 Å². The minimum absolute atomic E-state index is 0.0489. The maximum absolute atomic E-state index is 12.5. The number of nitrogens with zero attached hydrogens (tertiary/aromatic N) is 1. The quantitative estimate of drug-likeness (QED) is 0.747. The average molecular weight is 338 g/mol. The number of amides is 1. The van der Waals surface area contributed by atoms with Crippen LogP contribution in [0.2, 0.25) is 0 Å². The first-order valence-corrected chi connectivity index (χ1v) is 8.18. The molecule has 1 amide bonds. The topological polar surface area (TPSA) is 54.6 Å². The van der Waals surface area contributed by atoms with E-state index >= 15 is 0 Å². The SMILES string of the molecule is COc1ccc(OCCN(C)C(=O)c2cc3cc(C)ccc3[nH]2)cc1. The molecule has 0 bridgehead atoms. The number of hydrogen-bond donors (Lipinski definition) is 1. The van der Waals surface area contributed by atoms with Crippen molar-refractivity contribution in [2.75, 3.05) is 27.3 Å². The van der Waals surface area contributed by atoms with Gasteiger partial charge in [0, 0.05) is 18.0 Å². The van der Waals surface area contributed by atoms with Gasteiger partial charge in [-0.3, -0.25) is 4.79 Å². The Kier molecular flexibility index (Phi) is 4.93. The lowest BCUT2D eigenvalue weighted by Gasteiger charge is -2.16. The Bertz CT molecular complexity index is 868. The van der Waals surface area contributed by atoms with Gasteiger partial charge in [0.2, 0.25) is 0 Å². The second kappa shape index (κ2) is 7.30. The lowest BCUT2D eigenvalue weighted by molar-refractivity contribution is 0.0769. The van der Waals surface area contributed by atoms with Gasteiger partial charge in [0.15, 0.2) is 0 Å². The molecule has 0 aliphatic heterocycles. The predicted molar refractivity (Wildman–Crippen MR) is 98.5 cm³/mol. The molecule has 0 atom stereocenters. The first kappa shape index (κ1) is 16.9. The molecule has 0 saturated heterocycles. The van der Waals surface area contributed by atoms with Gasteiger partial charge in [-0.1, -0.05) is 11.6 Å². The van der Waals surface area contributed by atoms with Gasteiger partial charge in [0.05, 0.1) is 13.7 Å². The molecule has 130 valence electrons. The first-order valence-electron chi connectivity index (χ1n) is 8.18. The Labute approximate surface area is 147 Å². The number of nitrogens with one attached hydrogen (secondary N) is 1. The van der Waals surface area contributed by atoms with E-state index < -0.39 is 0 Å². The van der Waals surface area contributed by atoms with Crippen LogP contribution in [0.4, 0.5) is 0 Å². The Morgan fingerprint density at radius 3 is 2.52 bits per heavy atom. The van der Waals surface area contributed by atoms with Crippen molar-refractivity contribution in [3.05, 3.63) is 59.8 Å². The molecule has 3 aromatic rings. The smallest absolute Gasteiger partial charge is 0.270 e. The molecule has 1 N–H and O–H groups in total. The third-order valence-electron chi connectivity index (χ3n) is 4.11. The lowest BCUT2D eigenvalue weighted by Crippen LogP contribution is -2.31. The molecule has 1 heterocycles. The van der Waals surface area contributed by atoms with Crippen molar-refractivity contribution in [1.29, 1.82) is 0 Å². The monoisotopic (exact) mass is 338 g/mol. The second-order valence-electron chi connectivity index (χ2n) is 6.02. The van der Waals surface area contributed by atoms with Crippen LogP contribution in [-0.2, 0) is 0 Å². The van der Waals surface area contributed by atoms with Crippen molar-refractivity contribution in [3.63, 3.8) is 0 Å². The van der Waals surface area contributed by atoms with Gasteiger partial charge in [-0.2, -0.15) is 0 Å². The van der Waals surface area contributed by atoms with Gasteiger partial charge < -0.3 is 19.4 Å². The fourth-order valence-electron chi connectivity index (χ4n) is 2.65. The molecular weight excluding hydrogens is 316 g/mol. The molecule has 25 heavy (non-hydrogen) atoms. The molecular formula is C20H22N2O3. The molecule has 0 unspecified atom stereocenters. The van der Waals surface area contributed by atoms with Crippen LogP contribution >= 0.6 is 0 Å². The number of aromatic nitrogens is 1. The first-order chi connectivity index (χ1) is 12.1. The summed E-state index contributed by atoms with van der Waals surface area (Å²) in [7, 11) is 3.40. The molecule has 1 aromatic heterocycles. The highest BCUT2D eigenvalue weighted by Gasteiger charge is 2.14. The maximum atomic E-state index is 12.5. The van der Waals surface area contributed by atoms with E-state index in [-0.39, 0.29) is 5.91 Å². The summed E-state index contributed by atoms with van der Waals surface area (Å²) in [5.41, 5.74) is 2.73. The number of H-pyrrole nitrogens is 1. The Balaban J connectivity index is 1.57. The van der Waals surface area contributed by atoms with Gasteiger partial charge >= 0.3 is 0 Å². The van der Waals surface area contributed by atoms with Gasteiger partial charge in [0.25, 0.3) is 5.91 Å². The molecule has 0 spiro atoms. The number of methoxy groups -OCH3 is 1. The van der Waals surface area contributed by atoms with E-state index in [1.807, 2.05) is 49.4 Å². The zero-order valence-electron chi connectivity index (χ0n) is 14.7. The van der Waals surface area contributed by atoms with Crippen LogP contribution in [0.3, 0.4) is 0 Å². The summed E-state index contributed by atoms with van der Waals surface area (Å²) in [5.74, 6) is 1.49. The van der Waals surface area contributed by atoms with Crippen molar-refractivity contribution in [1.82, 2.24) is 9.88 Å². The van der Waals surface area contributed by atoms with E-state index in [1.54, 1.807) is 19.1 Å². The number of carbonyl (C=O) groups excluding carboxylic acids is 1. The van der Waals surface area contributed by atoms with Crippen LogP contribution in [0.5, 0.6) is 11.5 Å². The Hall–Kier alpha value is -2.95. The number of rotatable bonds is 6. The van der Waals surface area contributed by atoms with Crippen LogP contribution < -0.4 is 9.47 Å². The molecule has 0 saturated carbocycles. The molecule has 3 rings (SSSR count). The largest absolute Gasteiger partial charge is 0.497 e. The molecule has 0 aliphatic rings. The minimum atomic E-state index is -0.0489. The number of aryl methyl sites for hydroxylation is 1. The number of ether oxygens (including phenoxy) is 2. The summed E-state index contributed by atoms with van der Waals surface area (Å²) in [5, 5.41) is 1.05. The summed E-state index contributed by atoms with van der Waals surface area (Å²) in [4.78, 5) is 17.4. The van der Waals surface area contributed by atoms with Crippen molar-refractivity contribution in [3.8, 4) is 11.5 Å². The molecule has 5 nitrogen and oxygen atoms in total. The highest BCUT2D eigenvalue weighted by Crippen LogP contribution is 2.19. The number of benzene rings is 2. The van der Waals surface area contributed by atoms with Gasteiger partial charge in [0.1, 0.15) is 23.8 Å². The predicted octanol–water partition coefficient (Wildman–Crippen LogP) is 3.64. The summed E-state index contributed by atoms with van der Waals surface area (Å²) in [6.07, 6.45) is 0. The van der Waals surface area contributed by atoms with Crippen LogP contribution in [0.25, 0.3) is 10.9 Å². The molecule has 0 fully saturated rings. The van der Waals surface area contributed by atoms with Crippen molar-refractivity contribution in [2.45, 2.75) is 6.92 Å². The normalized spacial score (nSPS) is 10.7. The second-order valence-corrected chi connectivity index (χ2v) is 6.02. The summed E-state index contributed by atoms with van der Waals surface area (Å²) in [6.45, 7) is 2.96. The number of hydrogen-bond acceptors (Lipinski definition) is 3. The van der Waals surface area contributed by atoms with E-state index in [0.717, 1.165) is 22.4 Å². The van der Waals surface area contributed by atoms with Gasteiger partial charge in [-0.05, 0) is 49.4 Å². The zero-order chi connectivity index (χ0) is 17.8. The third-order valence-corrected chi connectivity index (χ3v) is 4.11. The summed E-state index contributed by atoms with van der Waals surface area (Å²) >= 11 is 0. The highest BCUT2D eigenvalue weighted by atomic mass is 16.5. The van der Waals surface area contributed by atoms with Gasteiger partial charge in [-0.15, -0.1) is 0 Å². The van der Waals surface area contributed by atoms with Crippen LogP contribution in [0.1, 0.15) is 16.1 Å². The third kappa shape index (κ3) is 3.94. The van der Waals surface area contributed by atoms with Crippen molar-refractivity contribution >= 4 is 16.8 Å². The van der Waals surface area contributed by atoms with E-state index in [1.165, 1.54) is 5.56 Å². The highest BCUT2D eigenvalue weighted by molar-refractivity contribution is 5.98. The number of likely N-dealkylation sites (N-methyl/N-ethyl adjacent to an activating group) is 1. The molecule has 5 heteroatoms. The van der Waals surface area contributed by atoms with Crippen LogP contribution in [0.15, 0.2) is 48.5 Å². The van der Waals surface area contributed by atoms with E-state index in [4.69, 9.17) is 9.47 Å². The van der Waals surface area contributed by atoms with E-state index in [9.17, 15) is 4.79 Å². The molecule has 2 aromatic carbocycles. The molecule has 0 radical (unpaired) electrons. The number of fused-ring (bicyclic) bond motifs is 1. The van der Waals surface area contributed by atoms with E-state index in [2.05, 4.69) is 11.1 Å². The Morgan fingerprint density at radius 2 is 1.80 bits per heavy atom. The zero-order valence-corrected chi connectivity index (χ0v) is 14.7. The molecule has 0 aliphatic carbocycles. The van der Waals surface area contributed by atoms with Crippen LogP contribution in [0, 0.1) is 6.92 Å².